The largest absolute Gasteiger partial charge is 0.481 e. The second-order valence-electron chi connectivity index (χ2n) is 5.82. The number of likely N-dealkylation sites (tertiary alicyclic amines) is 1. The Bertz CT molecular complexity index is 740. The number of amides is 1. The third-order valence-corrected chi connectivity index (χ3v) is 5.19. The van der Waals surface area contributed by atoms with E-state index in [0.29, 0.717) is 25.2 Å². The number of halogens is 1. The molecule has 0 radical (unpaired) electrons. The van der Waals surface area contributed by atoms with Crippen LogP contribution in [0.3, 0.4) is 0 Å². The van der Waals surface area contributed by atoms with Gasteiger partial charge in [-0.2, -0.15) is 0 Å². The Labute approximate surface area is 136 Å². The maximum Gasteiger partial charge on any atom is 0.306 e. The SMILES string of the molecule is CC1CN(C(=O)c2[nH]c3ccccc3c2Br)CCC1C(=O)O. The number of carbonyl (C=O) groups excluding carboxylic acids is 1. The molecule has 2 unspecified atom stereocenters. The van der Waals surface area contributed by atoms with Crippen molar-refractivity contribution in [1.29, 1.82) is 0 Å². The summed E-state index contributed by atoms with van der Waals surface area (Å²) in [5.74, 6) is -1.27. The summed E-state index contributed by atoms with van der Waals surface area (Å²) < 4.78 is 0.765. The van der Waals surface area contributed by atoms with Crippen LogP contribution < -0.4 is 0 Å². The number of fused-ring (bicyclic) bond motifs is 1. The van der Waals surface area contributed by atoms with E-state index in [1.54, 1.807) is 4.90 Å². The molecule has 1 aromatic carbocycles. The number of carbonyl (C=O) groups is 2. The molecule has 2 heterocycles. The molecule has 6 heteroatoms. The zero-order valence-corrected chi connectivity index (χ0v) is 13.8. The minimum absolute atomic E-state index is 0.0432. The number of carboxylic acids is 1. The van der Waals surface area contributed by atoms with E-state index < -0.39 is 5.97 Å². The van der Waals surface area contributed by atoms with Gasteiger partial charge in [0.1, 0.15) is 5.69 Å². The lowest BCUT2D eigenvalue weighted by Gasteiger charge is -2.34. The number of rotatable bonds is 2. The van der Waals surface area contributed by atoms with E-state index in [1.165, 1.54) is 0 Å². The summed E-state index contributed by atoms with van der Waals surface area (Å²) in [6.45, 7) is 2.83. The summed E-state index contributed by atoms with van der Waals surface area (Å²) in [7, 11) is 0. The lowest BCUT2D eigenvalue weighted by Crippen LogP contribution is -2.45. The molecule has 0 spiro atoms. The summed E-state index contributed by atoms with van der Waals surface area (Å²) in [5, 5.41) is 10.1. The van der Waals surface area contributed by atoms with E-state index in [0.717, 1.165) is 15.4 Å². The highest BCUT2D eigenvalue weighted by atomic mass is 79.9. The zero-order chi connectivity index (χ0) is 15.9. The van der Waals surface area contributed by atoms with Gasteiger partial charge in [0.2, 0.25) is 0 Å². The highest BCUT2D eigenvalue weighted by Crippen LogP contribution is 2.30. The fraction of sp³-hybridized carbons (Fsp3) is 0.375. The van der Waals surface area contributed by atoms with Gasteiger partial charge in [-0.15, -0.1) is 0 Å². The number of aromatic amines is 1. The van der Waals surface area contributed by atoms with E-state index in [4.69, 9.17) is 0 Å². The van der Waals surface area contributed by atoms with Crippen LogP contribution in [0.5, 0.6) is 0 Å². The number of nitrogens with one attached hydrogen (secondary N) is 1. The van der Waals surface area contributed by atoms with Crippen LogP contribution in [0.4, 0.5) is 0 Å². The number of hydrogen-bond acceptors (Lipinski definition) is 2. The molecule has 1 saturated heterocycles. The topological polar surface area (TPSA) is 73.4 Å². The van der Waals surface area contributed by atoms with Gasteiger partial charge in [0.05, 0.1) is 10.4 Å². The lowest BCUT2D eigenvalue weighted by molar-refractivity contribution is -0.145. The molecule has 1 amide bonds. The Kier molecular flexibility index (Phi) is 3.95. The molecule has 2 atom stereocenters. The molecular weight excluding hydrogens is 348 g/mol. The van der Waals surface area contributed by atoms with Gasteiger partial charge in [-0.25, -0.2) is 0 Å². The van der Waals surface area contributed by atoms with Crippen molar-refractivity contribution < 1.29 is 14.7 Å². The smallest absolute Gasteiger partial charge is 0.306 e. The zero-order valence-electron chi connectivity index (χ0n) is 12.2. The van der Waals surface area contributed by atoms with E-state index >= 15 is 0 Å². The summed E-state index contributed by atoms with van der Waals surface area (Å²) in [4.78, 5) is 28.8. The van der Waals surface area contributed by atoms with Gasteiger partial charge in [0, 0.05) is 24.0 Å². The van der Waals surface area contributed by atoms with E-state index in [9.17, 15) is 14.7 Å². The summed E-state index contributed by atoms with van der Waals surface area (Å²) in [6, 6.07) is 7.72. The highest BCUT2D eigenvalue weighted by Gasteiger charge is 2.34. The first-order chi connectivity index (χ1) is 10.5. The number of nitrogens with zero attached hydrogens (tertiary/aromatic N) is 1. The molecule has 0 bridgehead atoms. The number of aromatic nitrogens is 1. The van der Waals surface area contributed by atoms with E-state index in [-0.39, 0.29) is 17.7 Å². The average Bonchev–Trinajstić information content (AvgIpc) is 2.83. The predicted octanol–water partition coefficient (Wildman–Crippen LogP) is 3.11. The molecule has 2 aromatic rings. The maximum atomic E-state index is 12.7. The van der Waals surface area contributed by atoms with Gasteiger partial charge < -0.3 is 15.0 Å². The Morgan fingerprint density at radius 1 is 1.36 bits per heavy atom. The Balaban J connectivity index is 1.85. The van der Waals surface area contributed by atoms with Crippen LogP contribution in [0.25, 0.3) is 10.9 Å². The lowest BCUT2D eigenvalue weighted by atomic mass is 9.87. The van der Waals surface area contributed by atoms with Crippen molar-refractivity contribution >= 4 is 38.7 Å². The molecule has 1 aliphatic rings. The van der Waals surface area contributed by atoms with Crippen LogP contribution in [0.2, 0.25) is 0 Å². The second-order valence-corrected chi connectivity index (χ2v) is 6.61. The third kappa shape index (κ3) is 2.52. The second kappa shape index (κ2) is 5.76. The summed E-state index contributed by atoms with van der Waals surface area (Å²) in [5.41, 5.74) is 1.44. The normalized spacial score (nSPS) is 22.0. The summed E-state index contributed by atoms with van der Waals surface area (Å²) in [6.07, 6.45) is 0.500. The van der Waals surface area contributed by atoms with Crippen molar-refractivity contribution in [2.45, 2.75) is 13.3 Å². The van der Waals surface area contributed by atoms with Crippen LogP contribution in [0.15, 0.2) is 28.7 Å². The molecule has 3 rings (SSSR count). The van der Waals surface area contributed by atoms with Crippen molar-refractivity contribution in [1.82, 2.24) is 9.88 Å². The van der Waals surface area contributed by atoms with Crippen molar-refractivity contribution in [3.63, 3.8) is 0 Å². The van der Waals surface area contributed by atoms with Crippen molar-refractivity contribution in [2.24, 2.45) is 11.8 Å². The first-order valence-electron chi connectivity index (χ1n) is 7.27. The van der Waals surface area contributed by atoms with E-state index in [1.807, 2.05) is 31.2 Å². The van der Waals surface area contributed by atoms with Crippen molar-refractivity contribution in [3.8, 4) is 0 Å². The van der Waals surface area contributed by atoms with Gasteiger partial charge in [-0.1, -0.05) is 25.1 Å². The Morgan fingerprint density at radius 2 is 2.09 bits per heavy atom. The molecule has 0 aliphatic carbocycles. The number of piperidine rings is 1. The van der Waals surface area contributed by atoms with Crippen LogP contribution in [0, 0.1) is 11.8 Å². The predicted molar refractivity (Wildman–Crippen MR) is 86.8 cm³/mol. The van der Waals surface area contributed by atoms with Crippen LogP contribution >= 0.6 is 15.9 Å². The fourth-order valence-corrected chi connectivity index (χ4v) is 3.72. The van der Waals surface area contributed by atoms with Gasteiger partial charge in [-0.3, -0.25) is 9.59 Å². The molecule has 0 saturated carbocycles. The van der Waals surface area contributed by atoms with E-state index in [2.05, 4.69) is 20.9 Å². The van der Waals surface area contributed by atoms with Crippen LogP contribution in [-0.4, -0.2) is 40.0 Å². The first kappa shape index (κ1) is 15.1. The molecule has 1 aromatic heterocycles. The van der Waals surface area contributed by atoms with Gasteiger partial charge in [-0.05, 0) is 34.3 Å². The van der Waals surface area contributed by atoms with Crippen LogP contribution in [0.1, 0.15) is 23.8 Å². The maximum absolute atomic E-state index is 12.7. The van der Waals surface area contributed by atoms with Gasteiger partial charge in [0.15, 0.2) is 0 Å². The number of hydrogen-bond donors (Lipinski definition) is 2. The van der Waals surface area contributed by atoms with Crippen molar-refractivity contribution in [2.75, 3.05) is 13.1 Å². The minimum Gasteiger partial charge on any atom is -0.481 e. The number of carboxylic acid groups (broad SMARTS) is 1. The van der Waals surface area contributed by atoms with Gasteiger partial charge in [0.25, 0.3) is 5.91 Å². The molecule has 1 aliphatic heterocycles. The molecule has 5 nitrogen and oxygen atoms in total. The monoisotopic (exact) mass is 364 g/mol. The summed E-state index contributed by atoms with van der Waals surface area (Å²) >= 11 is 3.50. The Hall–Kier alpha value is -1.82. The number of H-pyrrole nitrogens is 1. The highest BCUT2D eigenvalue weighted by molar-refractivity contribution is 9.10. The number of aliphatic carboxylic acids is 1. The average molecular weight is 365 g/mol. The quantitative estimate of drug-likeness (QED) is 0.859. The minimum atomic E-state index is -0.772. The molecule has 1 fully saturated rings. The van der Waals surface area contributed by atoms with Crippen molar-refractivity contribution in [3.05, 3.63) is 34.4 Å². The molecule has 2 N–H and O–H groups in total. The van der Waals surface area contributed by atoms with Crippen LogP contribution in [-0.2, 0) is 4.79 Å². The standard InChI is InChI=1S/C16H17BrN2O3/c1-9-8-19(7-6-10(9)16(21)22)15(20)14-13(17)11-4-2-3-5-12(11)18-14/h2-5,9-10,18H,6-8H2,1H3,(H,21,22). The third-order valence-electron chi connectivity index (χ3n) is 4.37. The first-order valence-corrected chi connectivity index (χ1v) is 8.06. The Morgan fingerprint density at radius 3 is 2.73 bits per heavy atom. The molecule has 22 heavy (non-hydrogen) atoms. The number of para-hydroxylation sites is 1. The van der Waals surface area contributed by atoms with Gasteiger partial charge >= 0.3 is 5.97 Å². The number of benzene rings is 1. The molecule has 116 valence electrons. The molecular formula is C16H17BrN2O3. The fourth-order valence-electron chi connectivity index (χ4n) is 3.11.